The molecule has 0 atom stereocenters. The third-order valence-electron chi connectivity index (χ3n) is 3.77. The van der Waals surface area contributed by atoms with Crippen LogP contribution in [0.15, 0.2) is 53.0 Å². The Morgan fingerprint density at radius 1 is 1.12 bits per heavy atom. The van der Waals surface area contributed by atoms with Crippen molar-refractivity contribution in [1.29, 1.82) is 0 Å². The molecule has 3 rings (SSSR count). The predicted molar refractivity (Wildman–Crippen MR) is 106 cm³/mol. The molecule has 0 radical (unpaired) electrons. The van der Waals surface area contributed by atoms with Gasteiger partial charge in [-0.15, -0.1) is 11.8 Å². The summed E-state index contributed by atoms with van der Waals surface area (Å²) in [7, 11) is 0. The maximum absolute atomic E-state index is 12.1. The van der Waals surface area contributed by atoms with Crippen LogP contribution >= 0.6 is 27.7 Å². The van der Waals surface area contributed by atoms with Crippen LogP contribution in [-0.2, 0) is 10.5 Å². The zero-order chi connectivity index (χ0) is 17.6. The van der Waals surface area contributed by atoms with Crippen LogP contribution in [0, 0.1) is 0 Å². The first-order valence-corrected chi connectivity index (χ1v) is 10.1. The number of benzene rings is 2. The summed E-state index contributed by atoms with van der Waals surface area (Å²) in [6.45, 7) is 0. The van der Waals surface area contributed by atoms with Gasteiger partial charge in [0.2, 0.25) is 5.91 Å². The Kier molecular flexibility index (Phi) is 6.15. The first-order valence-electron chi connectivity index (χ1n) is 8.14. The van der Waals surface area contributed by atoms with Gasteiger partial charge in [-0.05, 0) is 42.7 Å². The Hall–Kier alpha value is -1.79. The molecule has 0 unspecified atom stereocenters. The lowest BCUT2D eigenvalue weighted by Crippen LogP contribution is -2.25. The molecule has 130 valence electrons. The van der Waals surface area contributed by atoms with Crippen LogP contribution in [0.4, 0.5) is 5.69 Å². The summed E-state index contributed by atoms with van der Waals surface area (Å²) >= 11 is 5.06. The molecule has 2 aromatic carbocycles. The van der Waals surface area contributed by atoms with Crippen molar-refractivity contribution < 1.29 is 9.59 Å². The molecule has 2 N–H and O–H groups in total. The van der Waals surface area contributed by atoms with Crippen molar-refractivity contribution in [2.45, 2.75) is 24.6 Å². The smallest absolute Gasteiger partial charge is 0.251 e. The van der Waals surface area contributed by atoms with Crippen molar-refractivity contribution in [3.63, 3.8) is 0 Å². The summed E-state index contributed by atoms with van der Waals surface area (Å²) in [5.41, 5.74) is 2.39. The van der Waals surface area contributed by atoms with E-state index in [1.165, 1.54) is 5.56 Å². The molecule has 2 amide bonds. The lowest BCUT2D eigenvalue weighted by molar-refractivity contribution is -0.113. The predicted octanol–water partition coefficient (Wildman–Crippen LogP) is 4.21. The maximum Gasteiger partial charge on any atom is 0.251 e. The second-order valence-corrected chi connectivity index (χ2v) is 7.80. The van der Waals surface area contributed by atoms with Crippen molar-refractivity contribution in [3.8, 4) is 0 Å². The standard InChI is InChI=1S/C19H19BrN2O2S/c20-17-7-2-1-4-14(17)11-25-12-18(23)21-16-6-3-5-13(10-16)19(24)22-15-8-9-15/h1-7,10,15H,8-9,11-12H2,(H,21,23)(H,22,24). The Bertz CT molecular complexity index is 778. The highest BCUT2D eigenvalue weighted by Gasteiger charge is 2.23. The molecule has 0 heterocycles. The van der Waals surface area contributed by atoms with E-state index in [0.29, 0.717) is 23.0 Å². The van der Waals surface area contributed by atoms with E-state index in [9.17, 15) is 9.59 Å². The summed E-state index contributed by atoms with van der Waals surface area (Å²) in [6, 6.07) is 15.4. The number of carbonyl (C=O) groups excluding carboxylic acids is 2. The summed E-state index contributed by atoms with van der Waals surface area (Å²) < 4.78 is 1.05. The SMILES string of the molecule is O=C(CSCc1ccccc1Br)Nc1cccc(C(=O)NC2CC2)c1. The second kappa shape index (κ2) is 8.54. The number of halogens is 1. The average Bonchev–Trinajstić information content (AvgIpc) is 3.41. The van der Waals surface area contributed by atoms with Crippen LogP contribution in [0.1, 0.15) is 28.8 Å². The van der Waals surface area contributed by atoms with Crippen LogP contribution < -0.4 is 10.6 Å². The van der Waals surface area contributed by atoms with Crippen molar-refractivity contribution in [3.05, 3.63) is 64.1 Å². The minimum Gasteiger partial charge on any atom is -0.349 e. The normalized spacial score (nSPS) is 13.3. The Morgan fingerprint density at radius 2 is 1.92 bits per heavy atom. The fraction of sp³-hybridized carbons (Fsp3) is 0.263. The number of nitrogens with one attached hydrogen (secondary N) is 2. The van der Waals surface area contributed by atoms with E-state index < -0.39 is 0 Å². The van der Waals surface area contributed by atoms with E-state index in [-0.39, 0.29) is 11.8 Å². The summed E-state index contributed by atoms with van der Waals surface area (Å²) in [6.07, 6.45) is 2.10. The lowest BCUT2D eigenvalue weighted by atomic mass is 10.2. The van der Waals surface area contributed by atoms with Crippen molar-refractivity contribution in [1.82, 2.24) is 5.32 Å². The summed E-state index contributed by atoms with van der Waals surface area (Å²) in [5.74, 6) is 0.970. The summed E-state index contributed by atoms with van der Waals surface area (Å²) in [4.78, 5) is 24.2. The van der Waals surface area contributed by atoms with Gasteiger partial charge in [0.15, 0.2) is 0 Å². The van der Waals surface area contributed by atoms with Crippen molar-refractivity contribution in [2.75, 3.05) is 11.1 Å². The van der Waals surface area contributed by atoms with Crippen LogP contribution in [0.3, 0.4) is 0 Å². The van der Waals surface area contributed by atoms with Crippen LogP contribution in [0.5, 0.6) is 0 Å². The molecule has 0 spiro atoms. The largest absolute Gasteiger partial charge is 0.349 e. The van der Waals surface area contributed by atoms with E-state index >= 15 is 0 Å². The summed E-state index contributed by atoms with van der Waals surface area (Å²) in [5, 5.41) is 5.80. The van der Waals surface area contributed by atoms with Gasteiger partial charge in [-0.2, -0.15) is 0 Å². The minimum atomic E-state index is -0.0816. The van der Waals surface area contributed by atoms with Crippen LogP contribution in [0.25, 0.3) is 0 Å². The van der Waals surface area contributed by atoms with E-state index in [0.717, 1.165) is 23.1 Å². The van der Waals surface area contributed by atoms with Gasteiger partial charge in [0.25, 0.3) is 5.91 Å². The molecule has 1 fully saturated rings. The average molecular weight is 419 g/mol. The van der Waals surface area contributed by atoms with Gasteiger partial charge < -0.3 is 10.6 Å². The third-order valence-corrected chi connectivity index (χ3v) is 5.52. The monoisotopic (exact) mass is 418 g/mol. The van der Waals surface area contributed by atoms with Gasteiger partial charge in [-0.25, -0.2) is 0 Å². The van der Waals surface area contributed by atoms with E-state index in [1.54, 1.807) is 36.0 Å². The van der Waals surface area contributed by atoms with E-state index in [2.05, 4.69) is 26.6 Å². The molecular formula is C19H19BrN2O2S. The molecule has 1 aliphatic carbocycles. The number of carbonyl (C=O) groups is 2. The molecule has 2 aromatic rings. The number of hydrogen-bond donors (Lipinski definition) is 2. The van der Waals surface area contributed by atoms with Gasteiger partial charge >= 0.3 is 0 Å². The van der Waals surface area contributed by atoms with E-state index in [4.69, 9.17) is 0 Å². The Labute approximate surface area is 159 Å². The third kappa shape index (κ3) is 5.61. The van der Waals surface area contributed by atoms with Crippen molar-refractivity contribution >= 4 is 45.2 Å². The Balaban J connectivity index is 1.49. The lowest BCUT2D eigenvalue weighted by Gasteiger charge is -2.08. The fourth-order valence-corrected chi connectivity index (χ4v) is 3.74. The fourth-order valence-electron chi connectivity index (χ4n) is 2.30. The van der Waals surface area contributed by atoms with Gasteiger partial charge in [-0.1, -0.05) is 40.2 Å². The van der Waals surface area contributed by atoms with Gasteiger partial charge in [-0.3, -0.25) is 9.59 Å². The molecule has 1 saturated carbocycles. The number of anilines is 1. The highest BCUT2D eigenvalue weighted by Crippen LogP contribution is 2.22. The Morgan fingerprint density at radius 3 is 2.68 bits per heavy atom. The van der Waals surface area contributed by atoms with Gasteiger partial charge in [0.1, 0.15) is 0 Å². The van der Waals surface area contributed by atoms with Crippen LogP contribution in [-0.4, -0.2) is 23.6 Å². The highest BCUT2D eigenvalue weighted by molar-refractivity contribution is 9.10. The number of thioether (sulfide) groups is 1. The molecule has 6 heteroatoms. The van der Waals surface area contributed by atoms with Gasteiger partial charge in [0.05, 0.1) is 5.75 Å². The number of rotatable bonds is 7. The molecular weight excluding hydrogens is 400 g/mol. The molecule has 0 aliphatic heterocycles. The topological polar surface area (TPSA) is 58.2 Å². The molecule has 0 bridgehead atoms. The zero-order valence-electron chi connectivity index (χ0n) is 13.6. The number of hydrogen-bond acceptors (Lipinski definition) is 3. The quantitative estimate of drug-likeness (QED) is 0.707. The molecule has 4 nitrogen and oxygen atoms in total. The van der Waals surface area contributed by atoms with Crippen molar-refractivity contribution in [2.24, 2.45) is 0 Å². The maximum atomic E-state index is 12.1. The van der Waals surface area contributed by atoms with E-state index in [1.807, 2.05) is 24.3 Å². The molecule has 0 saturated heterocycles. The molecule has 0 aromatic heterocycles. The zero-order valence-corrected chi connectivity index (χ0v) is 16.0. The first-order chi connectivity index (χ1) is 12.1. The molecule has 1 aliphatic rings. The first kappa shape index (κ1) is 18.0. The molecule has 25 heavy (non-hydrogen) atoms. The van der Waals surface area contributed by atoms with Gasteiger partial charge in [0, 0.05) is 27.5 Å². The second-order valence-electron chi connectivity index (χ2n) is 5.96. The van der Waals surface area contributed by atoms with Crippen LogP contribution in [0.2, 0.25) is 0 Å². The minimum absolute atomic E-state index is 0.0724. The number of amides is 2. The highest BCUT2D eigenvalue weighted by atomic mass is 79.9.